The van der Waals surface area contributed by atoms with Gasteiger partial charge >= 0.3 is 0 Å². The van der Waals surface area contributed by atoms with Crippen molar-refractivity contribution in [1.29, 1.82) is 0 Å². The summed E-state index contributed by atoms with van der Waals surface area (Å²) in [4.78, 5) is 53.3. The highest BCUT2D eigenvalue weighted by molar-refractivity contribution is 6.08. The van der Waals surface area contributed by atoms with Crippen molar-refractivity contribution in [2.75, 3.05) is 31.1 Å². The number of likely N-dealkylation sites (tertiary alicyclic amines) is 1. The maximum absolute atomic E-state index is 13.5. The minimum absolute atomic E-state index is 0.120. The molecule has 0 saturated carbocycles. The van der Waals surface area contributed by atoms with Crippen molar-refractivity contribution in [3.05, 3.63) is 30.6 Å². The van der Waals surface area contributed by atoms with Crippen molar-refractivity contribution in [2.45, 2.75) is 39.2 Å². The molecule has 3 aliphatic rings. The van der Waals surface area contributed by atoms with Crippen molar-refractivity contribution in [2.24, 2.45) is 17.8 Å². The molecule has 3 heterocycles. The fourth-order valence-electron chi connectivity index (χ4n) is 4.69. The molecule has 1 aromatic rings. The highest BCUT2D eigenvalue weighted by atomic mass is 16.2. The molecule has 0 radical (unpaired) electrons. The zero-order chi connectivity index (χ0) is 21.3. The van der Waals surface area contributed by atoms with E-state index < -0.39 is 6.04 Å². The van der Waals surface area contributed by atoms with Crippen molar-refractivity contribution < 1.29 is 14.4 Å². The summed E-state index contributed by atoms with van der Waals surface area (Å²) >= 11 is 0. The molecule has 0 unspecified atom stereocenters. The second-order valence-electron chi connectivity index (χ2n) is 8.71. The minimum atomic E-state index is -0.713. The SMILES string of the molecule is CC(C)C[C@H](C(=O)N1CCN(c2ncccn2)CC1)N1C(=O)[C@H]2CC=CC[C@@H]2C1=O. The molecule has 4 rings (SSSR count). The molecule has 0 spiro atoms. The first kappa shape index (κ1) is 20.5. The molecule has 8 heteroatoms. The molecule has 3 amide bonds. The number of piperazine rings is 1. The number of hydrogen-bond acceptors (Lipinski definition) is 6. The van der Waals surface area contributed by atoms with Gasteiger partial charge in [0.05, 0.1) is 11.8 Å². The molecule has 30 heavy (non-hydrogen) atoms. The lowest BCUT2D eigenvalue weighted by molar-refractivity contribution is -0.152. The number of imide groups is 1. The van der Waals surface area contributed by atoms with Gasteiger partial charge in [0.25, 0.3) is 0 Å². The Morgan fingerprint density at radius 3 is 2.10 bits per heavy atom. The molecule has 2 fully saturated rings. The maximum atomic E-state index is 13.5. The summed E-state index contributed by atoms with van der Waals surface area (Å²) < 4.78 is 0. The highest BCUT2D eigenvalue weighted by Gasteiger charge is 2.51. The molecule has 0 aromatic carbocycles. The van der Waals surface area contributed by atoms with Gasteiger partial charge in [0.1, 0.15) is 6.04 Å². The predicted octanol–water partition coefficient (Wildman–Crippen LogP) is 1.49. The molecule has 2 aliphatic heterocycles. The number of nitrogens with zero attached hydrogens (tertiary/aromatic N) is 5. The Hall–Kier alpha value is -2.77. The summed E-state index contributed by atoms with van der Waals surface area (Å²) in [5.41, 5.74) is 0. The Bertz CT molecular complexity index is 806. The second kappa shape index (κ2) is 8.53. The minimum Gasteiger partial charge on any atom is -0.337 e. The molecule has 1 aromatic heterocycles. The van der Waals surface area contributed by atoms with E-state index in [1.54, 1.807) is 23.4 Å². The molecule has 1 aliphatic carbocycles. The van der Waals surface area contributed by atoms with Gasteiger partial charge in [0, 0.05) is 38.6 Å². The summed E-state index contributed by atoms with van der Waals surface area (Å²) in [6.07, 6.45) is 9.02. The van der Waals surface area contributed by atoms with E-state index >= 15 is 0 Å². The Labute approximate surface area is 176 Å². The van der Waals surface area contributed by atoms with Crippen LogP contribution >= 0.6 is 0 Å². The van der Waals surface area contributed by atoms with Crippen LogP contribution < -0.4 is 4.90 Å². The summed E-state index contributed by atoms with van der Waals surface area (Å²) in [6.45, 7) is 6.34. The Morgan fingerprint density at radius 2 is 1.57 bits per heavy atom. The zero-order valence-electron chi connectivity index (χ0n) is 17.6. The van der Waals surface area contributed by atoms with Crippen LogP contribution in [0.1, 0.15) is 33.1 Å². The van der Waals surface area contributed by atoms with E-state index in [0.717, 1.165) is 0 Å². The maximum Gasteiger partial charge on any atom is 0.246 e. The van der Waals surface area contributed by atoms with Gasteiger partial charge in [-0.3, -0.25) is 19.3 Å². The monoisotopic (exact) mass is 411 g/mol. The number of aromatic nitrogens is 2. The van der Waals surface area contributed by atoms with Crippen molar-refractivity contribution >= 4 is 23.7 Å². The molecule has 0 bridgehead atoms. The lowest BCUT2D eigenvalue weighted by Gasteiger charge is -2.38. The highest BCUT2D eigenvalue weighted by Crippen LogP contribution is 2.37. The number of allylic oxidation sites excluding steroid dienone is 2. The number of amides is 3. The first-order valence-electron chi connectivity index (χ1n) is 10.8. The summed E-state index contributed by atoms with van der Waals surface area (Å²) in [5, 5.41) is 0. The summed E-state index contributed by atoms with van der Waals surface area (Å²) in [5.74, 6) is -0.238. The normalized spacial score (nSPS) is 25.1. The number of hydrogen-bond donors (Lipinski definition) is 0. The number of anilines is 1. The van der Waals surface area contributed by atoms with E-state index in [1.807, 2.05) is 30.9 Å². The van der Waals surface area contributed by atoms with Gasteiger partial charge < -0.3 is 9.80 Å². The Balaban J connectivity index is 1.48. The van der Waals surface area contributed by atoms with Crippen LogP contribution in [0.15, 0.2) is 30.6 Å². The fraction of sp³-hybridized carbons (Fsp3) is 0.591. The van der Waals surface area contributed by atoms with Crippen LogP contribution in [0.4, 0.5) is 5.95 Å². The van der Waals surface area contributed by atoms with E-state index in [9.17, 15) is 14.4 Å². The smallest absolute Gasteiger partial charge is 0.246 e. The van der Waals surface area contributed by atoms with Crippen molar-refractivity contribution in [3.8, 4) is 0 Å². The topological polar surface area (TPSA) is 86.7 Å². The van der Waals surface area contributed by atoms with Gasteiger partial charge in [-0.1, -0.05) is 26.0 Å². The van der Waals surface area contributed by atoms with E-state index in [-0.39, 0.29) is 35.5 Å². The molecule has 8 nitrogen and oxygen atoms in total. The van der Waals surface area contributed by atoms with Crippen molar-refractivity contribution in [1.82, 2.24) is 19.8 Å². The van der Waals surface area contributed by atoms with Gasteiger partial charge in [-0.15, -0.1) is 0 Å². The Morgan fingerprint density at radius 1 is 1.00 bits per heavy atom. The van der Waals surface area contributed by atoms with Crippen LogP contribution in [0, 0.1) is 17.8 Å². The van der Waals surface area contributed by atoms with Gasteiger partial charge in [0.15, 0.2) is 0 Å². The average Bonchev–Trinajstić information content (AvgIpc) is 3.02. The third-order valence-corrected chi connectivity index (χ3v) is 6.26. The lowest BCUT2D eigenvalue weighted by atomic mass is 9.85. The van der Waals surface area contributed by atoms with E-state index in [4.69, 9.17) is 0 Å². The number of rotatable bonds is 5. The van der Waals surface area contributed by atoms with E-state index in [2.05, 4.69) is 9.97 Å². The van der Waals surface area contributed by atoms with Crippen LogP contribution in [-0.4, -0.2) is 69.7 Å². The molecule has 3 atom stereocenters. The van der Waals surface area contributed by atoms with Crippen LogP contribution in [-0.2, 0) is 14.4 Å². The van der Waals surface area contributed by atoms with Gasteiger partial charge in [-0.05, 0) is 31.2 Å². The second-order valence-corrected chi connectivity index (χ2v) is 8.71. The molecular formula is C22H29N5O3. The quantitative estimate of drug-likeness (QED) is 0.539. The van der Waals surface area contributed by atoms with Crippen LogP contribution in [0.2, 0.25) is 0 Å². The van der Waals surface area contributed by atoms with Crippen LogP contribution in [0.25, 0.3) is 0 Å². The number of carbonyl (C=O) groups excluding carboxylic acids is 3. The number of carbonyl (C=O) groups is 3. The molecule has 0 N–H and O–H groups in total. The largest absolute Gasteiger partial charge is 0.337 e. The zero-order valence-corrected chi connectivity index (χ0v) is 17.6. The first-order chi connectivity index (χ1) is 14.5. The van der Waals surface area contributed by atoms with E-state index in [0.29, 0.717) is 51.4 Å². The third kappa shape index (κ3) is 3.82. The molecule has 160 valence electrons. The molecule has 2 saturated heterocycles. The van der Waals surface area contributed by atoms with E-state index in [1.165, 1.54) is 4.90 Å². The van der Waals surface area contributed by atoms with Gasteiger partial charge in [-0.25, -0.2) is 9.97 Å². The number of fused-ring (bicyclic) bond motifs is 1. The van der Waals surface area contributed by atoms with Gasteiger partial charge in [-0.2, -0.15) is 0 Å². The first-order valence-corrected chi connectivity index (χ1v) is 10.8. The van der Waals surface area contributed by atoms with Crippen LogP contribution in [0.3, 0.4) is 0 Å². The van der Waals surface area contributed by atoms with Gasteiger partial charge in [0.2, 0.25) is 23.7 Å². The average molecular weight is 412 g/mol. The summed E-state index contributed by atoms with van der Waals surface area (Å²) in [7, 11) is 0. The summed E-state index contributed by atoms with van der Waals surface area (Å²) in [6, 6.07) is 1.06. The van der Waals surface area contributed by atoms with Crippen molar-refractivity contribution in [3.63, 3.8) is 0 Å². The standard InChI is InChI=1S/C22H29N5O3/c1-15(2)14-18(27-19(28)16-6-3-4-7-17(16)20(27)29)21(30)25-10-12-26(13-11-25)22-23-8-5-9-24-22/h3-5,8-9,15-18H,6-7,10-14H2,1-2H3/t16-,17-,18+/m0/s1. The Kier molecular flexibility index (Phi) is 5.83. The third-order valence-electron chi connectivity index (χ3n) is 6.26. The van der Waals surface area contributed by atoms with Crippen LogP contribution in [0.5, 0.6) is 0 Å². The molecular weight excluding hydrogens is 382 g/mol. The lowest BCUT2D eigenvalue weighted by Crippen LogP contribution is -2.56. The predicted molar refractivity (Wildman–Crippen MR) is 111 cm³/mol. The fourth-order valence-corrected chi connectivity index (χ4v) is 4.69.